The van der Waals surface area contributed by atoms with Gasteiger partial charge in [0, 0.05) is 44.4 Å². The molecule has 9 nitrogen and oxygen atoms in total. The van der Waals surface area contributed by atoms with Gasteiger partial charge in [0.05, 0.1) is 17.5 Å². The van der Waals surface area contributed by atoms with Gasteiger partial charge in [-0.1, -0.05) is 11.6 Å². The van der Waals surface area contributed by atoms with Crippen molar-refractivity contribution in [2.24, 2.45) is 5.92 Å². The van der Waals surface area contributed by atoms with Gasteiger partial charge >= 0.3 is 6.18 Å². The predicted molar refractivity (Wildman–Crippen MR) is 134 cm³/mol. The summed E-state index contributed by atoms with van der Waals surface area (Å²) >= 11 is 5.91. The molecule has 1 unspecified atom stereocenters. The van der Waals surface area contributed by atoms with E-state index >= 15 is 0 Å². The Bertz CT molecular complexity index is 1210. The summed E-state index contributed by atoms with van der Waals surface area (Å²) in [5.74, 6) is -2.21. The fraction of sp³-hybridized carbons (Fsp3) is 0.500. The summed E-state index contributed by atoms with van der Waals surface area (Å²) < 4.78 is 54.5. The molecule has 2 aliphatic rings. The lowest BCUT2D eigenvalue weighted by molar-refractivity contribution is -0.143. The molecule has 14 heteroatoms. The molecule has 2 aliphatic heterocycles. The Morgan fingerprint density at radius 3 is 2.61 bits per heavy atom. The molecule has 0 aliphatic carbocycles. The SMILES string of the molecule is CN(C)C(=O)[C@H]1CCN(c2ncnc(N)c2F)C[C@H]1N1CCCC(Nc2cc(Cl)cc(C(F)(F)F)c2)C1=O. The van der Waals surface area contributed by atoms with Crippen molar-refractivity contribution in [1.82, 2.24) is 19.8 Å². The van der Waals surface area contributed by atoms with E-state index in [1.54, 1.807) is 23.9 Å². The average Bonchev–Trinajstić information content (AvgIpc) is 2.85. The van der Waals surface area contributed by atoms with Crippen LogP contribution in [0.25, 0.3) is 0 Å². The van der Waals surface area contributed by atoms with E-state index in [2.05, 4.69) is 15.3 Å². The first kappa shape index (κ1) is 27.7. The van der Waals surface area contributed by atoms with Crippen molar-refractivity contribution in [3.05, 3.63) is 40.9 Å². The number of rotatable bonds is 5. The normalized spacial score (nSPS) is 22.4. The predicted octanol–water partition coefficient (Wildman–Crippen LogP) is 3.26. The van der Waals surface area contributed by atoms with E-state index in [1.165, 1.54) is 11.0 Å². The minimum atomic E-state index is -4.60. The number of nitrogens with two attached hydrogens (primary N) is 1. The summed E-state index contributed by atoms with van der Waals surface area (Å²) in [6.07, 6.45) is -2.20. The molecule has 2 aromatic rings. The monoisotopic (exact) mass is 557 g/mol. The lowest BCUT2D eigenvalue weighted by atomic mass is 9.87. The molecule has 0 radical (unpaired) electrons. The standard InChI is InChI=1S/C24H28ClF4N7O2/c1-34(2)22(37)16-5-7-35(21-19(26)20(30)31-12-32-21)11-18(16)36-6-3-4-17(23(36)38)33-15-9-13(24(27,28)29)8-14(25)10-15/h8-10,12,16-18,33H,3-7,11H2,1-2H3,(H2,30,31,32)/t16-,17?,18+/m0/s1. The molecule has 2 fully saturated rings. The van der Waals surface area contributed by atoms with Crippen LogP contribution in [0.1, 0.15) is 24.8 Å². The van der Waals surface area contributed by atoms with Gasteiger partial charge in [-0.15, -0.1) is 0 Å². The first-order valence-corrected chi connectivity index (χ1v) is 12.4. The number of nitrogen functional groups attached to an aromatic ring is 1. The van der Waals surface area contributed by atoms with Crippen molar-refractivity contribution < 1.29 is 27.2 Å². The van der Waals surface area contributed by atoms with Gasteiger partial charge in [0.15, 0.2) is 11.6 Å². The van der Waals surface area contributed by atoms with Crippen LogP contribution in [0.4, 0.5) is 34.9 Å². The number of carbonyl (C=O) groups excluding carboxylic acids is 2. The first-order valence-electron chi connectivity index (χ1n) is 12.0. The van der Waals surface area contributed by atoms with Crippen LogP contribution in [0.5, 0.6) is 0 Å². The number of nitrogens with one attached hydrogen (secondary N) is 1. The minimum Gasteiger partial charge on any atom is -0.381 e. The van der Waals surface area contributed by atoms with E-state index in [4.69, 9.17) is 17.3 Å². The van der Waals surface area contributed by atoms with Gasteiger partial charge in [0.1, 0.15) is 12.4 Å². The average molecular weight is 558 g/mol. The van der Waals surface area contributed by atoms with Crippen molar-refractivity contribution >= 4 is 40.7 Å². The van der Waals surface area contributed by atoms with Crippen LogP contribution in [0.15, 0.2) is 24.5 Å². The summed E-state index contributed by atoms with van der Waals surface area (Å²) in [4.78, 5) is 39.0. The van der Waals surface area contributed by atoms with Crippen LogP contribution in [0.3, 0.4) is 0 Å². The van der Waals surface area contributed by atoms with E-state index in [0.29, 0.717) is 32.4 Å². The molecule has 3 N–H and O–H groups in total. The molecular formula is C24H28ClF4N7O2. The number of halogens is 5. The second kappa shape index (κ2) is 10.8. The van der Waals surface area contributed by atoms with Gasteiger partial charge in [-0.25, -0.2) is 9.97 Å². The number of aromatic nitrogens is 2. The van der Waals surface area contributed by atoms with Gasteiger partial charge in [-0.3, -0.25) is 9.59 Å². The fourth-order valence-electron chi connectivity index (χ4n) is 5.05. The summed E-state index contributed by atoms with van der Waals surface area (Å²) in [5, 5.41) is 2.78. The molecule has 38 heavy (non-hydrogen) atoms. The Kier molecular flexibility index (Phi) is 7.86. The molecule has 4 rings (SSSR count). The number of hydrogen-bond donors (Lipinski definition) is 2. The molecule has 0 saturated carbocycles. The van der Waals surface area contributed by atoms with Crippen molar-refractivity contribution in [3.63, 3.8) is 0 Å². The molecule has 2 amide bonds. The highest BCUT2D eigenvalue weighted by Gasteiger charge is 2.44. The topological polar surface area (TPSA) is 108 Å². The Labute approximate surface area is 221 Å². The lowest BCUT2D eigenvalue weighted by Crippen LogP contribution is -2.62. The number of amides is 2. The van der Waals surface area contributed by atoms with Crippen molar-refractivity contribution in [1.29, 1.82) is 0 Å². The fourth-order valence-corrected chi connectivity index (χ4v) is 5.29. The number of nitrogens with zero attached hydrogens (tertiary/aromatic N) is 5. The summed E-state index contributed by atoms with van der Waals surface area (Å²) in [5.41, 5.74) is 4.75. The van der Waals surface area contributed by atoms with E-state index in [9.17, 15) is 27.2 Å². The zero-order valence-electron chi connectivity index (χ0n) is 20.8. The third-order valence-corrected chi connectivity index (χ3v) is 7.10. The van der Waals surface area contributed by atoms with Crippen LogP contribution in [0.2, 0.25) is 5.02 Å². The molecule has 0 bridgehead atoms. The Balaban J connectivity index is 1.61. The quantitative estimate of drug-likeness (QED) is 0.543. The molecule has 206 valence electrons. The Morgan fingerprint density at radius 2 is 1.92 bits per heavy atom. The second-order valence-electron chi connectivity index (χ2n) is 9.63. The number of benzene rings is 1. The second-order valence-corrected chi connectivity index (χ2v) is 10.1. The molecule has 3 atom stereocenters. The van der Waals surface area contributed by atoms with Gasteiger partial charge in [0.25, 0.3) is 0 Å². The van der Waals surface area contributed by atoms with Gasteiger partial charge < -0.3 is 25.8 Å². The Morgan fingerprint density at radius 1 is 1.18 bits per heavy atom. The van der Waals surface area contributed by atoms with Crippen LogP contribution < -0.4 is 16.0 Å². The minimum absolute atomic E-state index is 0.0176. The van der Waals surface area contributed by atoms with E-state index < -0.39 is 35.6 Å². The molecule has 3 heterocycles. The maximum absolute atomic E-state index is 14.7. The summed E-state index contributed by atoms with van der Waals surface area (Å²) in [7, 11) is 3.24. The third kappa shape index (κ3) is 5.71. The molecule has 1 aromatic carbocycles. The van der Waals surface area contributed by atoms with Crippen LogP contribution >= 0.6 is 11.6 Å². The molecular weight excluding hydrogens is 530 g/mol. The van der Waals surface area contributed by atoms with Crippen LogP contribution in [-0.4, -0.2) is 77.4 Å². The molecule has 0 spiro atoms. The van der Waals surface area contributed by atoms with Gasteiger partial charge in [-0.05, 0) is 37.5 Å². The summed E-state index contributed by atoms with van der Waals surface area (Å²) in [6, 6.07) is 1.58. The van der Waals surface area contributed by atoms with E-state index in [1.807, 2.05) is 0 Å². The van der Waals surface area contributed by atoms with E-state index in [-0.39, 0.29) is 40.7 Å². The van der Waals surface area contributed by atoms with Crippen molar-refractivity contribution in [2.45, 2.75) is 37.5 Å². The van der Waals surface area contributed by atoms with Crippen molar-refractivity contribution in [3.8, 4) is 0 Å². The maximum atomic E-state index is 14.7. The highest BCUT2D eigenvalue weighted by Crippen LogP contribution is 2.35. The maximum Gasteiger partial charge on any atom is 0.416 e. The number of hydrogen-bond acceptors (Lipinski definition) is 7. The number of likely N-dealkylation sites (tertiary alicyclic amines) is 1. The Hall–Kier alpha value is -3.35. The lowest BCUT2D eigenvalue weighted by Gasteiger charge is -2.47. The summed E-state index contributed by atoms with van der Waals surface area (Å²) in [6.45, 7) is 0.760. The molecule has 2 saturated heterocycles. The number of carbonyl (C=O) groups is 2. The van der Waals surface area contributed by atoms with Crippen molar-refractivity contribution in [2.75, 3.05) is 49.7 Å². The number of piperidine rings is 2. The zero-order chi connectivity index (χ0) is 27.8. The highest BCUT2D eigenvalue weighted by atomic mass is 35.5. The smallest absolute Gasteiger partial charge is 0.381 e. The highest BCUT2D eigenvalue weighted by molar-refractivity contribution is 6.31. The van der Waals surface area contributed by atoms with Gasteiger partial charge in [0.2, 0.25) is 17.6 Å². The number of alkyl halides is 3. The van der Waals surface area contributed by atoms with Gasteiger partial charge in [-0.2, -0.15) is 17.6 Å². The molecule has 1 aromatic heterocycles. The largest absolute Gasteiger partial charge is 0.416 e. The van der Waals surface area contributed by atoms with E-state index in [0.717, 1.165) is 18.5 Å². The number of anilines is 3. The zero-order valence-corrected chi connectivity index (χ0v) is 21.6. The van der Waals surface area contributed by atoms with Crippen LogP contribution in [0, 0.1) is 11.7 Å². The first-order chi connectivity index (χ1) is 17.9. The third-order valence-electron chi connectivity index (χ3n) is 6.88. The van der Waals surface area contributed by atoms with Crippen LogP contribution in [-0.2, 0) is 15.8 Å².